The Balaban J connectivity index is 0.000000367. The van der Waals surface area contributed by atoms with Gasteiger partial charge >= 0.3 is 24.0 Å². The molecule has 3 fully saturated rings. The molecule has 1 saturated heterocycles. The van der Waals surface area contributed by atoms with E-state index in [9.17, 15) is 75.9 Å². The van der Waals surface area contributed by atoms with Crippen LogP contribution in [0.15, 0.2) is 130 Å². The first-order chi connectivity index (χ1) is 58.4. The lowest BCUT2D eigenvalue weighted by Crippen LogP contribution is -2.65. The van der Waals surface area contributed by atoms with Crippen molar-refractivity contribution >= 4 is 99.1 Å². The summed E-state index contributed by atoms with van der Waals surface area (Å²) in [5.74, 6) is -10.0. The highest BCUT2D eigenvalue weighted by Crippen LogP contribution is 2.45. The van der Waals surface area contributed by atoms with Crippen LogP contribution >= 0.6 is 0 Å². The number of aliphatic carboxylic acids is 1. The normalized spacial score (nSPS) is 18.0. The van der Waals surface area contributed by atoms with E-state index < -0.39 is 172 Å². The van der Waals surface area contributed by atoms with Crippen LogP contribution in [-0.4, -0.2) is 203 Å². The zero-order valence-electron chi connectivity index (χ0n) is 70.5. The number of methoxy groups -OCH3 is 2. The molecule has 37 heteroatoms. The Morgan fingerprint density at radius 1 is 0.650 bits per heavy atom. The number of benzene rings is 5. The fourth-order valence-corrected chi connectivity index (χ4v) is 16.8. The summed E-state index contributed by atoms with van der Waals surface area (Å²) in [6.07, 6.45) is 2.95. The number of alkyl carbamates (subject to hydrolysis) is 1. The van der Waals surface area contributed by atoms with Crippen LogP contribution in [0.3, 0.4) is 0 Å². The molecule has 4 aliphatic rings. The van der Waals surface area contributed by atoms with Crippen LogP contribution in [-0.2, 0) is 94.6 Å². The van der Waals surface area contributed by atoms with Crippen molar-refractivity contribution < 1.29 is 94.8 Å². The van der Waals surface area contributed by atoms with Crippen molar-refractivity contribution in [3.05, 3.63) is 154 Å². The molecule has 2 saturated carbocycles. The summed E-state index contributed by atoms with van der Waals surface area (Å²) >= 11 is 0. The lowest BCUT2D eigenvalue weighted by Gasteiger charge is -2.38. The minimum Gasteiger partial charge on any atom is -0.496 e. The highest BCUT2D eigenvalue weighted by atomic mass is 32.2. The number of amides is 10. The van der Waals surface area contributed by atoms with E-state index in [-0.39, 0.29) is 81.4 Å². The van der Waals surface area contributed by atoms with Crippen LogP contribution in [0.4, 0.5) is 4.79 Å². The maximum absolute atomic E-state index is 14.8. The number of hydrogen-bond acceptors (Lipinski definition) is 21. The molecule has 123 heavy (non-hydrogen) atoms. The van der Waals surface area contributed by atoms with Crippen molar-refractivity contribution in [3.8, 4) is 16.9 Å². The van der Waals surface area contributed by atoms with Gasteiger partial charge in [-0.3, -0.25) is 62.7 Å². The number of aliphatic imine (C=N–C) groups is 2. The third kappa shape index (κ3) is 27.9. The van der Waals surface area contributed by atoms with E-state index in [1.807, 2.05) is 48.5 Å². The quantitative estimate of drug-likeness (QED) is 0.00996. The number of guanidine groups is 2. The van der Waals surface area contributed by atoms with E-state index in [0.29, 0.717) is 78.5 Å². The van der Waals surface area contributed by atoms with Gasteiger partial charge in [0, 0.05) is 31.8 Å². The molecule has 5 aromatic rings. The number of nitrogens with zero attached hydrogens (tertiary/aromatic N) is 2. The first kappa shape index (κ1) is 95.8. The number of nitrogens with two attached hydrogens (primary N) is 3. The molecule has 1 aliphatic heterocycles. The van der Waals surface area contributed by atoms with E-state index in [4.69, 9.17) is 36.1 Å². The van der Waals surface area contributed by atoms with Gasteiger partial charge in [-0.2, -0.15) is 0 Å². The molecule has 5 aromatic carbocycles. The van der Waals surface area contributed by atoms with Gasteiger partial charge in [0.05, 0.1) is 38.5 Å². The van der Waals surface area contributed by atoms with Gasteiger partial charge in [-0.15, -0.1) is 0 Å². The Labute approximate surface area is 714 Å². The van der Waals surface area contributed by atoms with Crippen molar-refractivity contribution in [1.29, 1.82) is 0 Å². The second-order valence-corrected chi connectivity index (χ2v) is 33.4. The van der Waals surface area contributed by atoms with Crippen LogP contribution in [0, 0.1) is 20.8 Å². The number of carboxylic acids is 1. The van der Waals surface area contributed by atoms with Gasteiger partial charge < -0.3 is 94.4 Å². The van der Waals surface area contributed by atoms with Gasteiger partial charge in [0.25, 0.3) is 10.0 Å². The average molecular weight is 1720 g/mol. The van der Waals surface area contributed by atoms with Gasteiger partial charge in [-0.05, 0) is 149 Å². The van der Waals surface area contributed by atoms with Gasteiger partial charge in [0.1, 0.15) is 71.8 Å². The van der Waals surface area contributed by atoms with Crippen LogP contribution in [0.2, 0.25) is 0 Å². The number of ether oxygens (including phenoxy) is 4. The van der Waals surface area contributed by atoms with Crippen LogP contribution in [0.5, 0.6) is 5.75 Å². The molecule has 664 valence electrons. The third-order valence-electron chi connectivity index (χ3n) is 21.5. The van der Waals surface area contributed by atoms with Crippen molar-refractivity contribution in [3.63, 3.8) is 0 Å². The smallest absolute Gasteiger partial charge is 0.407 e. The predicted octanol–water partition coefficient (Wildman–Crippen LogP) is 3.11. The number of rotatable bonds is 31. The molecule has 9 rings (SSSR count). The van der Waals surface area contributed by atoms with E-state index in [2.05, 4.69) is 67.9 Å². The first-order valence-corrected chi connectivity index (χ1v) is 42.4. The standard InChI is InChI=1S/C58H74N8O13S.C28H40N8O7/c1-35-30-47(76-7)36(2)37(3)50(35)80(74,75)66-55(59)60-29-19-26-44(62-48(67)33-61-56(73)78-34-43-41-24-15-13-22-39(41)40-23-14-16-25-42(40)43)52(70)65-58(27-17-10-18-28-58)54(72)64-45(31-38-20-11-9-12-21-38)51(69)63-46(53(71)77-8)32-49(68)79-57(4,5)6;29-27(30)31-13-7-10-18-25(42)36-28(11-5-2-6-12-28)26(43)35-19(14-17-8-3-1-4-9-17)24(41)34-20(15-22(38)39)23(40)32-16-21(37)33-18/h9,11-16,20-25,30,43-46H,10,17-19,26-29,31-34H2,1-8H3,(H,61,73)(H,62,67)(H,63,69)(H,64,72)(H,65,70)(H3,59,60,66);1,3-4,8-9,18-20H,2,5-7,10-16H2,(H,32,40)(H,33,37)(H,34,41)(H,35,43)(H,36,42)(H,38,39)(H4,29,30,31)/t44-,45-,46-;18-,19+,20-/m00/s1. The predicted molar refractivity (Wildman–Crippen MR) is 454 cm³/mol. The molecule has 0 radical (unpaired) electrons. The largest absolute Gasteiger partial charge is 0.496 e. The molecule has 36 nitrogen and oxygen atoms in total. The van der Waals surface area contributed by atoms with Gasteiger partial charge in [0.2, 0.25) is 59.1 Å². The Bertz CT molecular complexity index is 4770. The topological polar surface area (TPSA) is 548 Å². The maximum atomic E-state index is 14.8. The first-order valence-electron chi connectivity index (χ1n) is 40.9. The number of esters is 2. The van der Waals surface area contributed by atoms with E-state index >= 15 is 0 Å². The Morgan fingerprint density at radius 2 is 1.25 bits per heavy atom. The molecule has 1 heterocycles. The molecule has 6 atom stereocenters. The molecule has 18 N–H and O–H groups in total. The summed E-state index contributed by atoms with van der Waals surface area (Å²) in [6.45, 7) is 8.85. The van der Waals surface area contributed by atoms with Gasteiger partial charge in [-0.25, -0.2) is 22.7 Å². The van der Waals surface area contributed by atoms with Crippen molar-refractivity contribution in [2.45, 2.75) is 221 Å². The number of fused-ring (bicyclic) bond motifs is 3. The summed E-state index contributed by atoms with van der Waals surface area (Å²) in [7, 11) is -1.62. The SMILES string of the molecule is COC(=O)[C@H](CC(=O)OC(C)(C)C)NC(=O)[C@H](Cc1ccccc1)NC(=O)C1(NC(=O)[C@H](CCCN=C(N)NS(=O)(=O)c2c(C)cc(OC)c(C)c2C)NC(=O)CNC(=O)OCC2c3ccccc3-c3ccccc32)CCCCC1.NC(N)=NCCC[C@@H]1NC(=O)CNC(=O)[C@H](CC(=O)O)NC(=O)[C@@H](Cc2ccccc2)NC(=O)C2(CCCCC2)NC1=O. The average Bonchev–Trinajstić information content (AvgIpc) is 1.44. The van der Waals surface area contributed by atoms with Crippen LogP contribution in [0.1, 0.15) is 168 Å². The van der Waals surface area contributed by atoms with E-state index in [1.165, 1.54) is 7.11 Å². The highest BCUT2D eigenvalue weighted by Gasteiger charge is 2.47. The fourth-order valence-electron chi connectivity index (χ4n) is 15.3. The van der Waals surface area contributed by atoms with Crippen molar-refractivity contribution in [2.75, 3.05) is 47.0 Å². The summed E-state index contributed by atoms with van der Waals surface area (Å²) < 4.78 is 50.8. The number of aryl methyl sites for hydroxylation is 1. The molecular formula is C86H114N16O20S. The number of carbonyl (C=O) groups excluding carboxylic acids is 12. The summed E-state index contributed by atoms with van der Waals surface area (Å²) in [6, 6.07) is 26.9. The molecule has 0 aromatic heterocycles. The number of nitrogens with one attached hydrogen (secondary N) is 11. The van der Waals surface area contributed by atoms with Gasteiger partial charge in [0.15, 0.2) is 5.96 Å². The lowest BCUT2D eigenvalue weighted by molar-refractivity contribution is -0.159. The Hall–Kier alpha value is -12.7. The zero-order valence-corrected chi connectivity index (χ0v) is 71.3. The second-order valence-electron chi connectivity index (χ2n) is 31.8. The lowest BCUT2D eigenvalue weighted by atomic mass is 9.80. The van der Waals surface area contributed by atoms with E-state index in [0.717, 1.165) is 42.2 Å². The number of carbonyl (C=O) groups is 13. The Morgan fingerprint density at radius 3 is 1.85 bits per heavy atom. The molecule has 0 unspecified atom stereocenters. The summed E-state index contributed by atoms with van der Waals surface area (Å²) in [5, 5.41) is 35.8. The van der Waals surface area contributed by atoms with Crippen molar-refractivity contribution in [1.82, 2.24) is 57.9 Å². The molecular weight excluding hydrogens is 1610 g/mol. The molecule has 0 bridgehead atoms. The number of sulfonamides is 1. The monoisotopic (exact) mass is 1720 g/mol. The number of hydrogen-bond donors (Lipinski definition) is 15. The fraction of sp³-hybridized carbons (Fsp3) is 0.477. The van der Waals surface area contributed by atoms with E-state index in [1.54, 1.807) is 108 Å². The molecule has 3 aliphatic carbocycles. The maximum Gasteiger partial charge on any atom is 0.407 e. The minimum absolute atomic E-state index is 0.0105. The second kappa shape index (κ2) is 44.7. The highest BCUT2D eigenvalue weighted by molar-refractivity contribution is 7.90. The van der Waals surface area contributed by atoms with Crippen LogP contribution < -0.4 is 79.8 Å². The molecule has 10 amide bonds. The zero-order chi connectivity index (χ0) is 89.8. The van der Waals surface area contributed by atoms with Crippen LogP contribution in [0.25, 0.3) is 11.1 Å². The molecule has 1 spiro atoms. The van der Waals surface area contributed by atoms with Crippen molar-refractivity contribution in [2.24, 2.45) is 27.2 Å². The summed E-state index contributed by atoms with van der Waals surface area (Å²) in [4.78, 5) is 183. The number of carboxylic acid groups (broad SMARTS) is 1. The third-order valence-corrected chi connectivity index (χ3v) is 23.1. The Kier molecular flexibility index (Phi) is 34.8. The minimum atomic E-state index is -4.22. The van der Waals surface area contributed by atoms with Gasteiger partial charge in [-0.1, -0.05) is 148 Å². The summed E-state index contributed by atoms with van der Waals surface area (Å²) in [5.41, 5.74) is 19.9.